The molecule has 0 aliphatic rings. The summed E-state index contributed by atoms with van der Waals surface area (Å²) >= 11 is 5.57. The molecule has 0 fully saturated rings. The Morgan fingerprint density at radius 1 is 1.57 bits per heavy atom. The van der Waals surface area contributed by atoms with Gasteiger partial charge in [-0.25, -0.2) is 4.98 Å². The van der Waals surface area contributed by atoms with E-state index in [0.717, 1.165) is 17.5 Å². The normalized spacial score (nSPS) is 10.8. The topological polar surface area (TPSA) is 22.1 Å². The summed E-state index contributed by atoms with van der Waals surface area (Å²) in [5, 5.41) is 0. The SMILES string of the molecule is COc1cc(C)c(C=CCCCl)cn1. The minimum atomic E-state index is 0.650. The number of ether oxygens (including phenoxy) is 1. The van der Waals surface area contributed by atoms with Crippen LogP contribution in [0.3, 0.4) is 0 Å². The van der Waals surface area contributed by atoms with Gasteiger partial charge in [0.15, 0.2) is 0 Å². The van der Waals surface area contributed by atoms with Gasteiger partial charge in [-0.2, -0.15) is 0 Å². The van der Waals surface area contributed by atoms with Gasteiger partial charge in [0, 0.05) is 18.1 Å². The molecular formula is C11H14ClNO. The first-order chi connectivity index (χ1) is 6.77. The zero-order chi connectivity index (χ0) is 10.4. The molecule has 1 aromatic rings. The Morgan fingerprint density at radius 3 is 2.93 bits per heavy atom. The van der Waals surface area contributed by atoms with Gasteiger partial charge in [0.05, 0.1) is 7.11 Å². The second-order valence-corrected chi connectivity index (χ2v) is 3.34. The lowest BCUT2D eigenvalue weighted by molar-refractivity contribution is 0.397. The molecule has 1 aromatic heterocycles. The summed E-state index contributed by atoms with van der Waals surface area (Å²) in [5.41, 5.74) is 2.26. The molecule has 1 rings (SSSR count). The number of aryl methyl sites for hydroxylation is 1. The van der Waals surface area contributed by atoms with Crippen LogP contribution in [0.4, 0.5) is 0 Å². The van der Waals surface area contributed by atoms with Gasteiger partial charge in [0.25, 0.3) is 0 Å². The van der Waals surface area contributed by atoms with Crippen LogP contribution < -0.4 is 4.74 Å². The van der Waals surface area contributed by atoms with Crippen LogP contribution in [-0.4, -0.2) is 18.0 Å². The molecule has 0 atom stereocenters. The quantitative estimate of drug-likeness (QED) is 0.715. The number of methoxy groups -OCH3 is 1. The van der Waals surface area contributed by atoms with Gasteiger partial charge in [-0.1, -0.05) is 12.2 Å². The molecule has 0 aliphatic carbocycles. The maximum absolute atomic E-state index is 5.57. The summed E-state index contributed by atoms with van der Waals surface area (Å²) in [7, 11) is 1.62. The molecule has 0 radical (unpaired) electrons. The highest BCUT2D eigenvalue weighted by molar-refractivity contribution is 6.17. The molecule has 0 amide bonds. The van der Waals surface area contributed by atoms with Crippen molar-refractivity contribution in [3.05, 3.63) is 29.5 Å². The Labute approximate surface area is 89.6 Å². The fraction of sp³-hybridized carbons (Fsp3) is 0.364. The van der Waals surface area contributed by atoms with E-state index >= 15 is 0 Å². The van der Waals surface area contributed by atoms with Crippen molar-refractivity contribution in [2.45, 2.75) is 13.3 Å². The Kier molecular flexibility index (Phi) is 4.47. The molecule has 0 saturated heterocycles. The zero-order valence-corrected chi connectivity index (χ0v) is 9.21. The second-order valence-electron chi connectivity index (χ2n) is 2.96. The molecule has 0 N–H and O–H groups in total. The first-order valence-corrected chi connectivity index (χ1v) is 5.04. The Hall–Kier alpha value is -1.02. The predicted molar refractivity (Wildman–Crippen MR) is 59.9 cm³/mol. The van der Waals surface area contributed by atoms with Crippen LogP contribution in [0.5, 0.6) is 5.88 Å². The summed E-state index contributed by atoms with van der Waals surface area (Å²) in [5.74, 6) is 1.30. The minimum absolute atomic E-state index is 0.650. The molecule has 0 saturated carbocycles. The van der Waals surface area contributed by atoms with Crippen LogP contribution in [0.25, 0.3) is 6.08 Å². The Morgan fingerprint density at radius 2 is 2.36 bits per heavy atom. The van der Waals surface area contributed by atoms with Crippen LogP contribution >= 0.6 is 11.6 Å². The number of aromatic nitrogens is 1. The molecular weight excluding hydrogens is 198 g/mol. The van der Waals surface area contributed by atoms with E-state index < -0.39 is 0 Å². The zero-order valence-electron chi connectivity index (χ0n) is 8.46. The van der Waals surface area contributed by atoms with Crippen LogP contribution in [0.2, 0.25) is 0 Å². The molecule has 1 heterocycles. The van der Waals surface area contributed by atoms with E-state index in [1.54, 1.807) is 13.3 Å². The van der Waals surface area contributed by atoms with Gasteiger partial charge in [-0.05, 0) is 24.5 Å². The number of nitrogens with zero attached hydrogens (tertiary/aromatic N) is 1. The van der Waals surface area contributed by atoms with Crippen LogP contribution in [-0.2, 0) is 0 Å². The first-order valence-electron chi connectivity index (χ1n) is 4.51. The smallest absolute Gasteiger partial charge is 0.213 e. The van der Waals surface area contributed by atoms with Crippen molar-refractivity contribution in [3.8, 4) is 5.88 Å². The highest BCUT2D eigenvalue weighted by Crippen LogP contribution is 2.14. The number of hydrogen-bond donors (Lipinski definition) is 0. The van der Waals surface area contributed by atoms with Crippen molar-refractivity contribution in [1.29, 1.82) is 0 Å². The third kappa shape index (κ3) is 3.04. The van der Waals surface area contributed by atoms with Crippen molar-refractivity contribution in [1.82, 2.24) is 4.98 Å². The van der Waals surface area contributed by atoms with E-state index in [0.29, 0.717) is 11.8 Å². The maximum atomic E-state index is 5.57. The minimum Gasteiger partial charge on any atom is -0.481 e. The standard InChI is InChI=1S/C11H14ClNO/c1-9-7-11(14-2)13-8-10(9)5-3-4-6-12/h3,5,7-8H,4,6H2,1-2H3. The first kappa shape index (κ1) is 11.1. The van der Waals surface area contributed by atoms with Crippen LogP contribution in [0, 0.1) is 6.92 Å². The van der Waals surface area contributed by atoms with Crippen molar-refractivity contribution in [2.75, 3.05) is 13.0 Å². The fourth-order valence-corrected chi connectivity index (χ4v) is 1.23. The number of halogens is 1. The predicted octanol–water partition coefficient (Wildman–Crippen LogP) is 3.04. The molecule has 0 bridgehead atoms. The van der Waals surface area contributed by atoms with Crippen molar-refractivity contribution < 1.29 is 4.74 Å². The van der Waals surface area contributed by atoms with Crippen molar-refractivity contribution in [3.63, 3.8) is 0 Å². The highest BCUT2D eigenvalue weighted by atomic mass is 35.5. The van der Waals surface area contributed by atoms with E-state index in [2.05, 4.69) is 4.98 Å². The third-order valence-electron chi connectivity index (χ3n) is 1.91. The number of hydrogen-bond acceptors (Lipinski definition) is 2. The van der Waals surface area contributed by atoms with E-state index in [-0.39, 0.29) is 0 Å². The average Bonchev–Trinajstić information content (AvgIpc) is 2.20. The molecule has 0 aliphatic heterocycles. The average molecular weight is 212 g/mol. The van der Waals surface area contributed by atoms with Crippen molar-refractivity contribution >= 4 is 17.7 Å². The molecule has 3 heteroatoms. The second kappa shape index (κ2) is 5.66. The molecule has 14 heavy (non-hydrogen) atoms. The fourth-order valence-electron chi connectivity index (χ4n) is 1.10. The molecule has 0 aromatic carbocycles. The van der Waals surface area contributed by atoms with Gasteiger partial charge in [0.2, 0.25) is 5.88 Å². The van der Waals surface area contributed by atoms with E-state index in [4.69, 9.17) is 16.3 Å². The van der Waals surface area contributed by atoms with Crippen LogP contribution in [0.15, 0.2) is 18.3 Å². The number of alkyl halides is 1. The van der Waals surface area contributed by atoms with E-state index in [1.165, 1.54) is 0 Å². The van der Waals surface area contributed by atoms with E-state index in [9.17, 15) is 0 Å². The molecule has 0 spiro atoms. The van der Waals surface area contributed by atoms with Crippen LogP contribution in [0.1, 0.15) is 17.5 Å². The van der Waals surface area contributed by atoms with Gasteiger partial charge in [-0.3, -0.25) is 0 Å². The molecule has 0 unspecified atom stereocenters. The van der Waals surface area contributed by atoms with Gasteiger partial charge in [0.1, 0.15) is 0 Å². The van der Waals surface area contributed by atoms with Crippen molar-refractivity contribution in [2.24, 2.45) is 0 Å². The number of pyridine rings is 1. The number of rotatable bonds is 4. The Bertz CT molecular complexity index is 323. The lowest BCUT2D eigenvalue weighted by Gasteiger charge is -2.02. The molecule has 76 valence electrons. The van der Waals surface area contributed by atoms with Gasteiger partial charge >= 0.3 is 0 Å². The third-order valence-corrected chi connectivity index (χ3v) is 2.13. The summed E-state index contributed by atoms with van der Waals surface area (Å²) in [6.07, 6.45) is 6.76. The molecule has 2 nitrogen and oxygen atoms in total. The summed E-state index contributed by atoms with van der Waals surface area (Å²) in [6.45, 7) is 2.03. The monoisotopic (exact) mass is 211 g/mol. The number of allylic oxidation sites excluding steroid dienone is 1. The highest BCUT2D eigenvalue weighted by Gasteiger charge is 1.97. The van der Waals surface area contributed by atoms with Gasteiger partial charge in [-0.15, -0.1) is 11.6 Å². The lowest BCUT2D eigenvalue weighted by atomic mass is 10.1. The summed E-state index contributed by atoms with van der Waals surface area (Å²) < 4.78 is 5.02. The van der Waals surface area contributed by atoms with Gasteiger partial charge < -0.3 is 4.74 Å². The lowest BCUT2D eigenvalue weighted by Crippen LogP contribution is -1.90. The van der Waals surface area contributed by atoms with E-state index in [1.807, 2.05) is 25.1 Å². The summed E-state index contributed by atoms with van der Waals surface area (Å²) in [4.78, 5) is 4.13. The maximum Gasteiger partial charge on any atom is 0.213 e. The largest absolute Gasteiger partial charge is 0.481 e. The summed E-state index contributed by atoms with van der Waals surface area (Å²) in [6, 6.07) is 1.92. The Balaban J connectivity index is 2.78.